The molecule has 0 spiro atoms. The number of methoxy groups -OCH3 is 1. The first-order chi connectivity index (χ1) is 10.2. The van der Waals surface area contributed by atoms with Crippen LogP contribution in [0.1, 0.15) is 36.0 Å². The molecule has 1 amide bonds. The maximum atomic E-state index is 12.2. The summed E-state index contributed by atoms with van der Waals surface area (Å²) in [6.07, 6.45) is 4.91. The van der Waals surface area contributed by atoms with Crippen LogP contribution in [0, 0.1) is 0 Å². The molecular formula is C16H23ClN2O2. The second-order valence-electron chi connectivity index (χ2n) is 5.36. The molecule has 1 fully saturated rings. The lowest BCUT2D eigenvalue weighted by Crippen LogP contribution is -2.33. The van der Waals surface area contributed by atoms with Crippen LogP contribution < -0.4 is 10.1 Å². The molecule has 0 aromatic heterocycles. The van der Waals surface area contributed by atoms with E-state index in [0.717, 1.165) is 13.0 Å². The highest BCUT2D eigenvalue weighted by Crippen LogP contribution is 2.22. The van der Waals surface area contributed by atoms with E-state index >= 15 is 0 Å². The molecule has 116 valence electrons. The van der Waals surface area contributed by atoms with Crippen molar-refractivity contribution in [3.63, 3.8) is 0 Å². The first kappa shape index (κ1) is 16.1. The van der Waals surface area contributed by atoms with E-state index in [1.807, 2.05) is 0 Å². The van der Waals surface area contributed by atoms with Crippen molar-refractivity contribution in [2.75, 3.05) is 33.3 Å². The van der Waals surface area contributed by atoms with Crippen LogP contribution in [-0.2, 0) is 0 Å². The summed E-state index contributed by atoms with van der Waals surface area (Å²) in [4.78, 5) is 14.6. The molecule has 0 radical (unpaired) electrons. The van der Waals surface area contributed by atoms with Crippen molar-refractivity contribution in [1.82, 2.24) is 10.2 Å². The number of rotatable bonds is 6. The number of nitrogens with one attached hydrogen (secondary N) is 1. The predicted molar refractivity (Wildman–Crippen MR) is 85.2 cm³/mol. The summed E-state index contributed by atoms with van der Waals surface area (Å²) in [5.41, 5.74) is 0.489. The number of hydrogen-bond donors (Lipinski definition) is 1. The number of ether oxygens (including phenoxy) is 1. The first-order valence-corrected chi connectivity index (χ1v) is 7.92. The quantitative estimate of drug-likeness (QED) is 0.821. The Labute approximate surface area is 131 Å². The Bertz CT molecular complexity index is 473. The summed E-state index contributed by atoms with van der Waals surface area (Å²) in [5.74, 6) is 0.418. The minimum Gasteiger partial charge on any atom is -0.496 e. The van der Waals surface area contributed by atoms with Gasteiger partial charge < -0.3 is 15.0 Å². The molecule has 21 heavy (non-hydrogen) atoms. The standard InChI is InChI=1S/C16H23ClN2O2/c1-21-15-7-6-13(17)12-14(15)16(20)18-8-5-11-19-9-3-2-4-10-19/h6-7,12H,2-5,8-11H2,1H3,(H,18,20). The van der Waals surface area contributed by atoms with Crippen LogP contribution in [0.15, 0.2) is 18.2 Å². The predicted octanol–water partition coefficient (Wildman–Crippen LogP) is 2.95. The van der Waals surface area contributed by atoms with E-state index in [1.165, 1.54) is 32.4 Å². The highest BCUT2D eigenvalue weighted by atomic mass is 35.5. The van der Waals surface area contributed by atoms with Crippen molar-refractivity contribution in [3.05, 3.63) is 28.8 Å². The van der Waals surface area contributed by atoms with Gasteiger partial charge in [-0.3, -0.25) is 4.79 Å². The zero-order chi connectivity index (χ0) is 15.1. The van der Waals surface area contributed by atoms with E-state index in [1.54, 1.807) is 25.3 Å². The molecule has 0 aliphatic carbocycles. The van der Waals surface area contributed by atoms with Gasteiger partial charge in [-0.25, -0.2) is 0 Å². The number of benzene rings is 1. The van der Waals surface area contributed by atoms with Gasteiger partial charge in [-0.1, -0.05) is 18.0 Å². The van der Waals surface area contributed by atoms with E-state index in [4.69, 9.17) is 16.3 Å². The van der Waals surface area contributed by atoms with Gasteiger partial charge in [-0.2, -0.15) is 0 Å². The van der Waals surface area contributed by atoms with Crippen LogP contribution >= 0.6 is 11.6 Å². The maximum Gasteiger partial charge on any atom is 0.255 e. The lowest BCUT2D eigenvalue weighted by atomic mass is 10.1. The number of amides is 1. The molecule has 1 N–H and O–H groups in total. The van der Waals surface area contributed by atoms with Gasteiger partial charge in [0.2, 0.25) is 0 Å². The zero-order valence-electron chi connectivity index (χ0n) is 12.5. The SMILES string of the molecule is COc1ccc(Cl)cc1C(=O)NCCCN1CCCCC1. The minimum absolute atomic E-state index is 0.131. The van der Waals surface area contributed by atoms with Crippen LogP contribution in [0.25, 0.3) is 0 Å². The average molecular weight is 311 g/mol. The Hall–Kier alpha value is -1.26. The molecule has 1 aliphatic rings. The lowest BCUT2D eigenvalue weighted by Gasteiger charge is -2.26. The first-order valence-electron chi connectivity index (χ1n) is 7.55. The fraction of sp³-hybridized carbons (Fsp3) is 0.562. The Morgan fingerprint density at radius 1 is 1.33 bits per heavy atom. The molecule has 1 aromatic carbocycles. The smallest absolute Gasteiger partial charge is 0.255 e. The molecule has 1 aliphatic heterocycles. The second kappa shape index (κ2) is 8.25. The van der Waals surface area contributed by atoms with Crippen molar-refractivity contribution in [2.45, 2.75) is 25.7 Å². The Balaban J connectivity index is 1.77. The summed E-state index contributed by atoms with van der Waals surface area (Å²) >= 11 is 5.94. The summed E-state index contributed by atoms with van der Waals surface area (Å²) in [7, 11) is 1.55. The Morgan fingerprint density at radius 2 is 2.10 bits per heavy atom. The topological polar surface area (TPSA) is 41.6 Å². The monoisotopic (exact) mass is 310 g/mol. The largest absolute Gasteiger partial charge is 0.496 e. The molecule has 1 aromatic rings. The van der Waals surface area contributed by atoms with Crippen LogP contribution in [0.2, 0.25) is 5.02 Å². The summed E-state index contributed by atoms with van der Waals surface area (Å²) < 4.78 is 5.20. The summed E-state index contributed by atoms with van der Waals surface area (Å²) in [5, 5.41) is 3.47. The Kier molecular flexibility index (Phi) is 6.33. The third kappa shape index (κ3) is 4.90. The number of likely N-dealkylation sites (tertiary alicyclic amines) is 1. The van der Waals surface area contributed by atoms with Gasteiger partial charge in [0.05, 0.1) is 12.7 Å². The van der Waals surface area contributed by atoms with E-state index in [2.05, 4.69) is 10.2 Å². The van der Waals surface area contributed by atoms with Crippen molar-refractivity contribution in [1.29, 1.82) is 0 Å². The van der Waals surface area contributed by atoms with Crippen LogP contribution in [0.5, 0.6) is 5.75 Å². The van der Waals surface area contributed by atoms with E-state index in [9.17, 15) is 4.79 Å². The van der Waals surface area contributed by atoms with Gasteiger partial charge in [0, 0.05) is 11.6 Å². The van der Waals surface area contributed by atoms with E-state index in [0.29, 0.717) is 22.9 Å². The van der Waals surface area contributed by atoms with Crippen LogP contribution in [0.4, 0.5) is 0 Å². The third-order valence-electron chi connectivity index (χ3n) is 3.79. The molecule has 4 nitrogen and oxygen atoms in total. The zero-order valence-corrected chi connectivity index (χ0v) is 13.3. The maximum absolute atomic E-state index is 12.2. The van der Waals surface area contributed by atoms with E-state index in [-0.39, 0.29) is 5.91 Å². The number of hydrogen-bond acceptors (Lipinski definition) is 3. The van der Waals surface area contributed by atoms with Gasteiger partial charge in [-0.15, -0.1) is 0 Å². The number of carbonyl (C=O) groups is 1. The molecular weight excluding hydrogens is 288 g/mol. The van der Waals surface area contributed by atoms with E-state index < -0.39 is 0 Å². The number of halogens is 1. The normalized spacial score (nSPS) is 15.7. The Morgan fingerprint density at radius 3 is 2.81 bits per heavy atom. The average Bonchev–Trinajstić information content (AvgIpc) is 2.52. The van der Waals surface area contributed by atoms with Crippen LogP contribution in [0.3, 0.4) is 0 Å². The van der Waals surface area contributed by atoms with Gasteiger partial charge in [0.1, 0.15) is 5.75 Å². The van der Waals surface area contributed by atoms with Gasteiger partial charge in [0.25, 0.3) is 5.91 Å². The lowest BCUT2D eigenvalue weighted by molar-refractivity contribution is 0.0948. The summed E-state index contributed by atoms with van der Waals surface area (Å²) in [6, 6.07) is 5.07. The number of piperidine rings is 1. The highest BCUT2D eigenvalue weighted by molar-refractivity contribution is 6.31. The molecule has 0 bridgehead atoms. The molecule has 2 rings (SSSR count). The van der Waals surface area contributed by atoms with Gasteiger partial charge in [-0.05, 0) is 57.1 Å². The fourth-order valence-corrected chi connectivity index (χ4v) is 2.81. The molecule has 1 saturated heterocycles. The van der Waals surface area contributed by atoms with Gasteiger partial charge in [0.15, 0.2) is 0 Å². The van der Waals surface area contributed by atoms with Crippen LogP contribution in [-0.4, -0.2) is 44.1 Å². The van der Waals surface area contributed by atoms with Crippen molar-refractivity contribution in [2.24, 2.45) is 0 Å². The van der Waals surface area contributed by atoms with Gasteiger partial charge >= 0.3 is 0 Å². The minimum atomic E-state index is -0.131. The second-order valence-corrected chi connectivity index (χ2v) is 5.79. The van der Waals surface area contributed by atoms with Crippen molar-refractivity contribution >= 4 is 17.5 Å². The molecule has 1 heterocycles. The number of carbonyl (C=O) groups excluding carboxylic acids is 1. The molecule has 0 unspecified atom stereocenters. The molecule has 0 atom stereocenters. The van der Waals surface area contributed by atoms with Crippen molar-refractivity contribution in [3.8, 4) is 5.75 Å². The van der Waals surface area contributed by atoms with Crippen molar-refractivity contribution < 1.29 is 9.53 Å². The highest BCUT2D eigenvalue weighted by Gasteiger charge is 2.13. The fourth-order valence-electron chi connectivity index (χ4n) is 2.64. The summed E-state index contributed by atoms with van der Waals surface area (Å²) in [6.45, 7) is 4.10. The third-order valence-corrected chi connectivity index (χ3v) is 4.03. The number of nitrogens with zero attached hydrogens (tertiary/aromatic N) is 1. The molecule has 0 saturated carbocycles. The molecule has 5 heteroatoms.